The van der Waals surface area contributed by atoms with Gasteiger partial charge in [-0.05, 0) is 76.2 Å². The first-order chi connectivity index (χ1) is 15.6. The number of anilines is 2. The third kappa shape index (κ3) is 4.57. The van der Waals surface area contributed by atoms with Crippen molar-refractivity contribution in [3.8, 4) is 17.1 Å². The highest BCUT2D eigenvalue weighted by Gasteiger charge is 2.12. The summed E-state index contributed by atoms with van der Waals surface area (Å²) in [5, 5.41) is 7.94. The summed E-state index contributed by atoms with van der Waals surface area (Å²) in [6.45, 7) is 8.27. The fourth-order valence-corrected chi connectivity index (χ4v) is 4.23. The molecule has 3 heterocycles. The molecule has 1 aliphatic heterocycles. The van der Waals surface area contributed by atoms with E-state index in [2.05, 4.69) is 57.3 Å². The van der Waals surface area contributed by atoms with Crippen LogP contribution in [0.15, 0.2) is 54.7 Å². The average Bonchev–Trinajstić information content (AvgIpc) is 3.43. The highest BCUT2D eigenvalue weighted by Crippen LogP contribution is 2.23. The fraction of sp³-hybridized carbons (Fsp3) is 0.320. The molecule has 1 N–H and O–H groups in total. The summed E-state index contributed by atoms with van der Waals surface area (Å²) >= 11 is 0. The maximum atomic E-state index is 5.89. The number of fused-ring (bicyclic) bond motifs is 1. The van der Waals surface area contributed by atoms with Crippen LogP contribution in [0.5, 0.6) is 5.75 Å². The van der Waals surface area contributed by atoms with Crippen molar-refractivity contribution in [3.63, 3.8) is 0 Å². The molecule has 0 aliphatic carbocycles. The quantitative estimate of drug-likeness (QED) is 0.463. The molecule has 164 valence electrons. The van der Waals surface area contributed by atoms with E-state index >= 15 is 0 Å². The van der Waals surface area contributed by atoms with Gasteiger partial charge in [0, 0.05) is 30.1 Å². The lowest BCUT2D eigenvalue weighted by molar-refractivity contribution is 0.238. The molecule has 5 rings (SSSR count). The van der Waals surface area contributed by atoms with Crippen LogP contribution in [0.25, 0.3) is 17.0 Å². The second kappa shape index (κ2) is 8.96. The Morgan fingerprint density at radius 1 is 0.969 bits per heavy atom. The Labute approximate surface area is 188 Å². The van der Waals surface area contributed by atoms with Crippen molar-refractivity contribution in [2.45, 2.75) is 26.7 Å². The van der Waals surface area contributed by atoms with Gasteiger partial charge in [-0.2, -0.15) is 9.50 Å². The van der Waals surface area contributed by atoms with E-state index in [1.54, 1.807) is 10.7 Å². The Morgan fingerprint density at radius 2 is 1.72 bits per heavy atom. The summed E-state index contributed by atoms with van der Waals surface area (Å²) in [5.41, 5.74) is 5.08. The van der Waals surface area contributed by atoms with E-state index in [0.29, 0.717) is 5.95 Å². The number of nitrogens with one attached hydrogen (secondary N) is 1. The maximum Gasteiger partial charge on any atom is 0.247 e. The van der Waals surface area contributed by atoms with Crippen LogP contribution >= 0.6 is 0 Å². The maximum absolute atomic E-state index is 5.89. The topological polar surface area (TPSA) is 67.6 Å². The highest BCUT2D eigenvalue weighted by molar-refractivity contribution is 5.63. The van der Waals surface area contributed by atoms with E-state index in [0.717, 1.165) is 41.6 Å². The van der Waals surface area contributed by atoms with E-state index in [9.17, 15) is 0 Å². The second-order valence-corrected chi connectivity index (χ2v) is 8.40. The molecular weight excluding hydrogens is 400 g/mol. The minimum absolute atomic E-state index is 0.534. The molecular formula is C25H28N6O. The minimum atomic E-state index is 0.534. The van der Waals surface area contributed by atoms with Gasteiger partial charge in [0.2, 0.25) is 5.95 Å². The van der Waals surface area contributed by atoms with Gasteiger partial charge in [-0.25, -0.2) is 4.98 Å². The number of aromatic nitrogens is 4. The molecule has 7 nitrogen and oxygen atoms in total. The first-order valence-corrected chi connectivity index (χ1v) is 11.2. The lowest BCUT2D eigenvalue weighted by Gasteiger charge is -2.15. The van der Waals surface area contributed by atoms with Crippen molar-refractivity contribution >= 4 is 17.3 Å². The third-order valence-electron chi connectivity index (χ3n) is 5.72. The van der Waals surface area contributed by atoms with Crippen LogP contribution in [0.3, 0.4) is 0 Å². The molecule has 0 radical (unpaired) electrons. The second-order valence-electron chi connectivity index (χ2n) is 8.40. The zero-order chi connectivity index (χ0) is 21.9. The Balaban J connectivity index is 1.29. The SMILES string of the molecule is Cc1cc(C)cc(-c2nccc3nc(Nc4ccc(OCCN5CCCC5)cc4)nn23)c1. The summed E-state index contributed by atoms with van der Waals surface area (Å²) in [6.07, 6.45) is 4.38. The van der Waals surface area contributed by atoms with Crippen molar-refractivity contribution in [1.29, 1.82) is 0 Å². The number of aryl methyl sites for hydroxylation is 2. The summed E-state index contributed by atoms with van der Waals surface area (Å²) in [6, 6.07) is 16.2. The Bertz CT molecular complexity index is 1190. The van der Waals surface area contributed by atoms with Crippen LogP contribution in [-0.4, -0.2) is 50.7 Å². The molecule has 32 heavy (non-hydrogen) atoms. The minimum Gasteiger partial charge on any atom is -0.492 e. The standard InChI is InChI=1S/C25H28N6O/c1-18-15-19(2)17-20(16-18)24-26-10-9-23-28-25(29-31(23)24)27-21-5-7-22(8-6-21)32-14-13-30-11-3-4-12-30/h5-10,15-17H,3-4,11-14H2,1-2H3,(H,27,29). The van der Waals surface area contributed by atoms with E-state index in [-0.39, 0.29) is 0 Å². The number of likely N-dealkylation sites (tertiary alicyclic amines) is 1. The van der Waals surface area contributed by atoms with Crippen molar-refractivity contribution in [2.24, 2.45) is 0 Å². The molecule has 2 aromatic carbocycles. The molecule has 2 aromatic heterocycles. The van der Waals surface area contributed by atoms with E-state index in [1.807, 2.05) is 30.3 Å². The largest absolute Gasteiger partial charge is 0.492 e. The van der Waals surface area contributed by atoms with Gasteiger partial charge in [0.25, 0.3) is 0 Å². The number of hydrogen-bond acceptors (Lipinski definition) is 6. The molecule has 0 atom stereocenters. The number of ether oxygens (including phenoxy) is 1. The van der Waals surface area contributed by atoms with Crippen LogP contribution in [-0.2, 0) is 0 Å². The number of nitrogens with zero attached hydrogens (tertiary/aromatic N) is 5. The van der Waals surface area contributed by atoms with Crippen LogP contribution in [0.4, 0.5) is 11.6 Å². The van der Waals surface area contributed by atoms with Crippen LogP contribution in [0.1, 0.15) is 24.0 Å². The smallest absolute Gasteiger partial charge is 0.247 e. The van der Waals surface area contributed by atoms with E-state index in [1.165, 1.54) is 37.1 Å². The van der Waals surface area contributed by atoms with Crippen LogP contribution in [0.2, 0.25) is 0 Å². The van der Waals surface area contributed by atoms with Gasteiger partial charge in [0.1, 0.15) is 12.4 Å². The third-order valence-corrected chi connectivity index (χ3v) is 5.72. The van der Waals surface area contributed by atoms with Gasteiger partial charge in [0.05, 0.1) is 0 Å². The zero-order valence-electron chi connectivity index (χ0n) is 18.6. The molecule has 1 aliphatic rings. The molecule has 0 unspecified atom stereocenters. The normalized spacial score (nSPS) is 14.2. The molecule has 1 fully saturated rings. The highest BCUT2D eigenvalue weighted by atomic mass is 16.5. The van der Waals surface area contributed by atoms with Crippen LogP contribution < -0.4 is 10.1 Å². The summed E-state index contributed by atoms with van der Waals surface area (Å²) in [5.74, 6) is 2.18. The van der Waals surface area contributed by atoms with Crippen molar-refractivity contribution in [1.82, 2.24) is 24.5 Å². The number of benzene rings is 2. The molecule has 1 saturated heterocycles. The van der Waals surface area contributed by atoms with E-state index in [4.69, 9.17) is 4.74 Å². The molecule has 0 spiro atoms. The Kier molecular flexibility index (Phi) is 5.73. The summed E-state index contributed by atoms with van der Waals surface area (Å²) < 4.78 is 7.68. The van der Waals surface area contributed by atoms with Gasteiger partial charge >= 0.3 is 0 Å². The Hall–Kier alpha value is -3.45. The molecule has 0 saturated carbocycles. The van der Waals surface area contributed by atoms with Gasteiger partial charge in [0.15, 0.2) is 11.5 Å². The molecule has 4 aromatic rings. The summed E-state index contributed by atoms with van der Waals surface area (Å²) in [4.78, 5) is 11.6. The lowest BCUT2D eigenvalue weighted by Crippen LogP contribution is -2.25. The number of rotatable bonds is 7. The average molecular weight is 429 g/mol. The first-order valence-electron chi connectivity index (χ1n) is 11.2. The molecule has 0 amide bonds. The summed E-state index contributed by atoms with van der Waals surface area (Å²) in [7, 11) is 0. The van der Waals surface area contributed by atoms with Crippen molar-refractivity contribution in [2.75, 3.05) is 31.6 Å². The molecule has 7 heteroatoms. The lowest BCUT2D eigenvalue weighted by atomic mass is 10.1. The monoisotopic (exact) mass is 428 g/mol. The van der Waals surface area contributed by atoms with Crippen molar-refractivity contribution in [3.05, 3.63) is 65.9 Å². The van der Waals surface area contributed by atoms with Crippen molar-refractivity contribution < 1.29 is 4.74 Å². The molecule has 0 bridgehead atoms. The van der Waals surface area contributed by atoms with Gasteiger partial charge in [-0.15, -0.1) is 5.10 Å². The zero-order valence-corrected chi connectivity index (χ0v) is 18.6. The van der Waals surface area contributed by atoms with Gasteiger partial charge in [-0.3, -0.25) is 4.90 Å². The predicted molar refractivity (Wildman–Crippen MR) is 127 cm³/mol. The fourth-order valence-electron chi connectivity index (χ4n) is 4.23. The predicted octanol–water partition coefficient (Wildman–Crippen LogP) is 4.63. The Morgan fingerprint density at radius 3 is 2.47 bits per heavy atom. The number of hydrogen-bond donors (Lipinski definition) is 1. The van der Waals surface area contributed by atoms with Gasteiger partial charge < -0.3 is 10.1 Å². The van der Waals surface area contributed by atoms with E-state index < -0.39 is 0 Å². The van der Waals surface area contributed by atoms with Gasteiger partial charge in [-0.1, -0.05) is 17.2 Å². The van der Waals surface area contributed by atoms with Crippen LogP contribution in [0, 0.1) is 13.8 Å². The first kappa shape index (κ1) is 20.5.